The Balaban J connectivity index is 3.01. The molecule has 5 nitrogen and oxygen atoms in total. The molecule has 0 fully saturated rings. The van der Waals surface area contributed by atoms with Crippen LogP contribution in [-0.2, 0) is 19.6 Å². The maximum Gasteiger partial charge on any atom is 0.306 e. The molecule has 1 rings (SSSR count). The number of esters is 1. The van der Waals surface area contributed by atoms with Crippen molar-refractivity contribution in [2.75, 3.05) is 20.7 Å². The smallest absolute Gasteiger partial charge is 0.306 e. The van der Waals surface area contributed by atoms with Crippen LogP contribution in [-0.4, -0.2) is 39.4 Å². The highest BCUT2D eigenvalue weighted by atomic mass is 35.5. The van der Waals surface area contributed by atoms with Gasteiger partial charge in [-0.3, -0.25) is 4.79 Å². The van der Waals surface area contributed by atoms with Gasteiger partial charge in [-0.25, -0.2) is 12.7 Å². The van der Waals surface area contributed by atoms with Crippen LogP contribution in [0.4, 0.5) is 0 Å². The van der Waals surface area contributed by atoms with Gasteiger partial charge in [0.2, 0.25) is 10.0 Å². The first-order valence-electron chi connectivity index (χ1n) is 5.28. The van der Waals surface area contributed by atoms with Crippen molar-refractivity contribution < 1.29 is 17.9 Å². The number of nitrogens with zero attached hydrogens (tertiary/aromatic N) is 1. The average molecular weight is 326 g/mol. The molecule has 19 heavy (non-hydrogen) atoms. The van der Waals surface area contributed by atoms with Gasteiger partial charge in [0.15, 0.2) is 0 Å². The number of carbonyl (C=O) groups excluding carboxylic acids is 1. The Labute approximate surface area is 122 Å². The second-order valence-corrected chi connectivity index (χ2v) is 6.50. The van der Waals surface area contributed by atoms with Crippen molar-refractivity contribution in [2.24, 2.45) is 0 Å². The third-order valence-corrected chi connectivity index (χ3v) is 5.26. The minimum absolute atomic E-state index is 0.0173. The summed E-state index contributed by atoms with van der Waals surface area (Å²) < 4.78 is 30.0. The molecule has 1 aromatic rings. The largest absolute Gasteiger partial charge is 0.469 e. The maximum atomic E-state index is 12.3. The van der Waals surface area contributed by atoms with E-state index in [0.717, 1.165) is 4.31 Å². The highest BCUT2D eigenvalue weighted by molar-refractivity contribution is 7.89. The molecule has 0 aliphatic heterocycles. The van der Waals surface area contributed by atoms with Crippen LogP contribution in [0.1, 0.15) is 6.42 Å². The SMILES string of the molecule is COC(=O)CCN(C)S(=O)(=O)c1c(Cl)cccc1Cl. The summed E-state index contributed by atoms with van der Waals surface area (Å²) in [5.74, 6) is -0.493. The molecule has 0 spiro atoms. The van der Waals surface area contributed by atoms with E-state index in [9.17, 15) is 13.2 Å². The van der Waals surface area contributed by atoms with E-state index >= 15 is 0 Å². The Morgan fingerprint density at radius 1 is 1.32 bits per heavy atom. The van der Waals surface area contributed by atoms with Crippen molar-refractivity contribution >= 4 is 39.2 Å². The van der Waals surface area contributed by atoms with Crippen LogP contribution >= 0.6 is 23.2 Å². The molecule has 0 amide bonds. The Bertz CT molecular complexity index is 554. The monoisotopic (exact) mass is 325 g/mol. The van der Waals surface area contributed by atoms with Gasteiger partial charge in [0.05, 0.1) is 23.6 Å². The molecule has 0 N–H and O–H groups in total. The van der Waals surface area contributed by atoms with Crippen LogP contribution < -0.4 is 0 Å². The predicted octanol–water partition coefficient (Wildman–Crippen LogP) is 2.18. The van der Waals surface area contributed by atoms with Gasteiger partial charge in [-0.1, -0.05) is 29.3 Å². The van der Waals surface area contributed by atoms with E-state index in [1.54, 1.807) is 6.07 Å². The summed E-state index contributed by atoms with van der Waals surface area (Å²) in [6, 6.07) is 4.43. The molecule has 0 saturated heterocycles. The maximum absolute atomic E-state index is 12.3. The molecule has 0 aliphatic carbocycles. The van der Waals surface area contributed by atoms with E-state index in [0.29, 0.717) is 0 Å². The quantitative estimate of drug-likeness (QED) is 0.778. The first-order chi connectivity index (χ1) is 8.80. The number of ether oxygens (including phenoxy) is 1. The lowest BCUT2D eigenvalue weighted by Gasteiger charge is -2.18. The Kier molecular flexibility index (Phi) is 5.61. The van der Waals surface area contributed by atoms with E-state index in [-0.39, 0.29) is 27.9 Å². The van der Waals surface area contributed by atoms with Gasteiger partial charge < -0.3 is 4.74 Å². The van der Waals surface area contributed by atoms with Crippen LogP contribution in [0.5, 0.6) is 0 Å². The zero-order valence-corrected chi connectivity index (χ0v) is 12.7. The molecule has 0 aliphatic rings. The Morgan fingerprint density at radius 2 is 1.84 bits per heavy atom. The number of sulfonamides is 1. The van der Waals surface area contributed by atoms with Crippen molar-refractivity contribution in [3.8, 4) is 0 Å². The van der Waals surface area contributed by atoms with Crippen LogP contribution in [0.3, 0.4) is 0 Å². The van der Waals surface area contributed by atoms with Gasteiger partial charge in [0.25, 0.3) is 0 Å². The number of rotatable bonds is 5. The van der Waals surface area contributed by atoms with E-state index in [4.69, 9.17) is 23.2 Å². The molecular formula is C11H13Cl2NO4S. The Morgan fingerprint density at radius 3 is 2.32 bits per heavy atom. The normalized spacial score (nSPS) is 11.6. The number of hydrogen-bond donors (Lipinski definition) is 0. The van der Waals surface area contributed by atoms with Crippen LogP contribution in [0.25, 0.3) is 0 Å². The van der Waals surface area contributed by atoms with Gasteiger partial charge >= 0.3 is 5.97 Å². The van der Waals surface area contributed by atoms with Crippen molar-refractivity contribution in [2.45, 2.75) is 11.3 Å². The van der Waals surface area contributed by atoms with E-state index in [2.05, 4.69) is 4.74 Å². The summed E-state index contributed by atoms with van der Waals surface area (Å²) in [6.45, 7) is -0.0173. The first-order valence-corrected chi connectivity index (χ1v) is 7.47. The lowest BCUT2D eigenvalue weighted by atomic mass is 10.4. The number of methoxy groups -OCH3 is 1. The number of benzene rings is 1. The van der Waals surface area contributed by atoms with E-state index in [1.165, 1.54) is 26.3 Å². The van der Waals surface area contributed by atoms with Crippen LogP contribution in [0.15, 0.2) is 23.1 Å². The average Bonchev–Trinajstić information content (AvgIpc) is 2.34. The fraction of sp³-hybridized carbons (Fsp3) is 0.364. The highest BCUT2D eigenvalue weighted by Crippen LogP contribution is 2.30. The third kappa shape index (κ3) is 3.82. The van der Waals surface area contributed by atoms with Crippen molar-refractivity contribution in [1.82, 2.24) is 4.31 Å². The lowest BCUT2D eigenvalue weighted by Crippen LogP contribution is -2.29. The summed E-state index contributed by atoms with van der Waals surface area (Å²) in [5, 5.41) is 0.0786. The zero-order chi connectivity index (χ0) is 14.6. The van der Waals surface area contributed by atoms with Gasteiger partial charge in [0.1, 0.15) is 4.90 Å². The summed E-state index contributed by atoms with van der Waals surface area (Å²) >= 11 is 11.7. The van der Waals surface area contributed by atoms with Gasteiger partial charge in [-0.15, -0.1) is 0 Å². The molecule has 0 unspecified atom stereocenters. The summed E-state index contributed by atoms with van der Waals surface area (Å²) in [7, 11) is -1.26. The summed E-state index contributed by atoms with van der Waals surface area (Å²) in [4.78, 5) is 10.9. The number of halogens is 2. The Hall–Kier alpha value is -0.820. The van der Waals surface area contributed by atoms with Crippen molar-refractivity contribution in [3.63, 3.8) is 0 Å². The minimum atomic E-state index is -3.84. The molecule has 0 saturated carbocycles. The summed E-state index contributed by atoms with van der Waals surface area (Å²) in [5.41, 5.74) is 0. The van der Waals surface area contributed by atoms with Crippen LogP contribution in [0, 0.1) is 0 Å². The minimum Gasteiger partial charge on any atom is -0.469 e. The number of hydrogen-bond acceptors (Lipinski definition) is 4. The topological polar surface area (TPSA) is 63.7 Å². The zero-order valence-electron chi connectivity index (χ0n) is 10.4. The molecule has 0 bridgehead atoms. The van der Waals surface area contributed by atoms with Gasteiger partial charge in [0, 0.05) is 13.6 Å². The standard InChI is InChI=1S/C11H13Cl2NO4S/c1-14(7-6-10(15)18-2)19(16,17)11-8(12)4-3-5-9(11)13/h3-5H,6-7H2,1-2H3. The fourth-order valence-corrected chi connectivity index (χ4v) is 3.61. The van der Waals surface area contributed by atoms with E-state index in [1.807, 2.05) is 0 Å². The molecule has 0 atom stereocenters. The van der Waals surface area contributed by atoms with E-state index < -0.39 is 16.0 Å². The molecule has 0 radical (unpaired) electrons. The number of carbonyl (C=O) groups is 1. The molecule has 106 valence electrons. The van der Waals surface area contributed by atoms with Crippen molar-refractivity contribution in [3.05, 3.63) is 28.2 Å². The molecule has 8 heteroatoms. The second kappa shape index (κ2) is 6.56. The van der Waals surface area contributed by atoms with Gasteiger partial charge in [-0.05, 0) is 12.1 Å². The molecule has 0 aromatic heterocycles. The molecular weight excluding hydrogens is 313 g/mol. The van der Waals surface area contributed by atoms with Crippen molar-refractivity contribution in [1.29, 1.82) is 0 Å². The third-order valence-electron chi connectivity index (χ3n) is 2.45. The molecule has 1 aromatic carbocycles. The lowest BCUT2D eigenvalue weighted by molar-refractivity contribution is -0.140. The first kappa shape index (κ1) is 16.2. The predicted molar refractivity (Wildman–Crippen MR) is 72.9 cm³/mol. The second-order valence-electron chi connectivity index (χ2n) is 3.70. The molecule has 0 heterocycles. The summed E-state index contributed by atoms with van der Waals surface area (Å²) in [6.07, 6.45) is -0.0473. The fourth-order valence-electron chi connectivity index (χ4n) is 1.36. The highest BCUT2D eigenvalue weighted by Gasteiger charge is 2.26. The van der Waals surface area contributed by atoms with Gasteiger partial charge in [-0.2, -0.15) is 0 Å². The van der Waals surface area contributed by atoms with Crippen LogP contribution in [0.2, 0.25) is 10.0 Å².